The highest BCUT2D eigenvalue weighted by atomic mass is 35.5. The second-order valence-electron chi connectivity index (χ2n) is 5.73. The quantitative estimate of drug-likeness (QED) is 0.714. The third-order valence-electron chi connectivity index (χ3n) is 4.18. The number of thiophene rings is 1. The standard InChI is InChI=1S/C18H15ClN4S/c19-16-9-8-15(24-16)17-14-3-1-2-10-21-18(14)23(22-17)13-6-4-12(11-20)5-7-13/h4-9,21H,1-3,10H2. The fourth-order valence-electron chi connectivity index (χ4n) is 3.01. The summed E-state index contributed by atoms with van der Waals surface area (Å²) < 4.78 is 2.72. The lowest BCUT2D eigenvalue weighted by Crippen LogP contribution is -2.07. The van der Waals surface area contributed by atoms with Gasteiger partial charge >= 0.3 is 0 Å². The van der Waals surface area contributed by atoms with Gasteiger partial charge in [-0.05, 0) is 55.7 Å². The van der Waals surface area contributed by atoms with Crippen LogP contribution < -0.4 is 5.32 Å². The van der Waals surface area contributed by atoms with Crippen LogP contribution in [0.15, 0.2) is 36.4 Å². The Kier molecular flexibility index (Phi) is 4.01. The summed E-state index contributed by atoms with van der Waals surface area (Å²) in [6, 6.07) is 13.6. The van der Waals surface area contributed by atoms with E-state index in [4.69, 9.17) is 22.0 Å². The molecule has 1 aliphatic heterocycles. The molecule has 0 unspecified atom stereocenters. The van der Waals surface area contributed by atoms with Crippen LogP contribution in [0.2, 0.25) is 4.34 Å². The topological polar surface area (TPSA) is 53.6 Å². The molecule has 4 nitrogen and oxygen atoms in total. The van der Waals surface area contributed by atoms with Gasteiger partial charge in [0, 0.05) is 12.1 Å². The van der Waals surface area contributed by atoms with Gasteiger partial charge in [0.25, 0.3) is 0 Å². The van der Waals surface area contributed by atoms with Gasteiger partial charge in [-0.15, -0.1) is 11.3 Å². The summed E-state index contributed by atoms with van der Waals surface area (Å²) in [5.74, 6) is 1.05. The average Bonchev–Trinajstić information content (AvgIpc) is 3.10. The maximum Gasteiger partial charge on any atom is 0.133 e. The molecule has 4 rings (SSSR count). The largest absolute Gasteiger partial charge is 0.370 e. The Morgan fingerprint density at radius 3 is 2.71 bits per heavy atom. The molecule has 0 aliphatic carbocycles. The van der Waals surface area contributed by atoms with Gasteiger partial charge in [-0.1, -0.05) is 11.6 Å². The Bertz CT molecular complexity index is 918. The van der Waals surface area contributed by atoms with Crippen LogP contribution in [-0.4, -0.2) is 16.3 Å². The lowest BCUT2D eigenvalue weighted by Gasteiger charge is -2.09. The second kappa shape index (κ2) is 6.31. The van der Waals surface area contributed by atoms with Gasteiger partial charge in [-0.25, -0.2) is 4.68 Å². The minimum Gasteiger partial charge on any atom is -0.370 e. The average molecular weight is 355 g/mol. The van der Waals surface area contributed by atoms with Gasteiger partial charge < -0.3 is 5.32 Å². The molecule has 0 amide bonds. The van der Waals surface area contributed by atoms with E-state index in [0.29, 0.717) is 5.56 Å². The van der Waals surface area contributed by atoms with Gasteiger partial charge in [0.2, 0.25) is 0 Å². The Morgan fingerprint density at radius 2 is 2.00 bits per heavy atom. The van der Waals surface area contributed by atoms with Gasteiger partial charge in [-0.3, -0.25) is 0 Å². The molecule has 3 aromatic rings. The number of hydrogen-bond donors (Lipinski definition) is 1. The summed E-state index contributed by atoms with van der Waals surface area (Å²) in [6.07, 6.45) is 3.29. The maximum absolute atomic E-state index is 8.99. The van der Waals surface area contributed by atoms with Crippen LogP contribution in [0.4, 0.5) is 5.82 Å². The Balaban J connectivity index is 1.87. The predicted molar refractivity (Wildman–Crippen MR) is 98.0 cm³/mol. The minimum atomic E-state index is 0.648. The molecule has 0 saturated heterocycles. The highest BCUT2D eigenvalue weighted by Crippen LogP contribution is 2.38. The van der Waals surface area contributed by atoms with Crippen LogP contribution in [-0.2, 0) is 6.42 Å². The van der Waals surface area contributed by atoms with Crippen molar-refractivity contribution >= 4 is 28.8 Å². The molecule has 1 aromatic carbocycles. The van der Waals surface area contributed by atoms with Gasteiger partial charge in [0.05, 0.1) is 26.5 Å². The fraction of sp³-hybridized carbons (Fsp3) is 0.222. The number of halogens is 1. The molecule has 0 atom stereocenters. The third kappa shape index (κ3) is 2.68. The van der Waals surface area contributed by atoms with E-state index in [1.54, 1.807) is 11.3 Å². The van der Waals surface area contributed by atoms with E-state index >= 15 is 0 Å². The van der Waals surface area contributed by atoms with Crippen molar-refractivity contribution in [3.05, 3.63) is 51.9 Å². The zero-order valence-electron chi connectivity index (χ0n) is 12.9. The smallest absolute Gasteiger partial charge is 0.133 e. The first-order valence-corrected chi connectivity index (χ1v) is 9.08. The molecule has 1 N–H and O–H groups in total. The Labute approximate surface area is 149 Å². The van der Waals surface area contributed by atoms with Crippen LogP contribution in [0, 0.1) is 11.3 Å². The second-order valence-corrected chi connectivity index (χ2v) is 7.45. The van der Waals surface area contributed by atoms with E-state index in [1.807, 2.05) is 41.1 Å². The van der Waals surface area contributed by atoms with Crippen molar-refractivity contribution in [2.45, 2.75) is 19.3 Å². The number of benzene rings is 1. The van der Waals surface area contributed by atoms with E-state index in [0.717, 1.165) is 52.2 Å². The number of anilines is 1. The number of fused-ring (bicyclic) bond motifs is 1. The summed E-state index contributed by atoms with van der Waals surface area (Å²) in [7, 11) is 0. The number of rotatable bonds is 2. The first-order chi connectivity index (χ1) is 11.8. The monoisotopic (exact) mass is 354 g/mol. The molecule has 24 heavy (non-hydrogen) atoms. The number of hydrogen-bond acceptors (Lipinski definition) is 4. The molecule has 1 aliphatic rings. The summed E-state index contributed by atoms with van der Waals surface area (Å²) >= 11 is 7.67. The van der Waals surface area contributed by atoms with E-state index in [2.05, 4.69) is 11.4 Å². The molecule has 0 saturated carbocycles. The lowest BCUT2D eigenvalue weighted by atomic mass is 10.1. The summed E-state index contributed by atoms with van der Waals surface area (Å²) in [5.41, 5.74) is 3.85. The summed E-state index contributed by atoms with van der Waals surface area (Å²) in [5, 5.41) is 17.4. The van der Waals surface area contributed by atoms with Gasteiger partial charge in [0.1, 0.15) is 11.5 Å². The fourth-order valence-corrected chi connectivity index (χ4v) is 4.06. The minimum absolute atomic E-state index is 0.648. The lowest BCUT2D eigenvalue weighted by molar-refractivity contribution is 0.780. The zero-order chi connectivity index (χ0) is 16.5. The van der Waals surface area contributed by atoms with Crippen molar-refractivity contribution in [2.24, 2.45) is 0 Å². The van der Waals surface area contributed by atoms with Gasteiger partial charge in [0.15, 0.2) is 0 Å². The number of nitrogens with zero attached hydrogens (tertiary/aromatic N) is 3. The Hall–Kier alpha value is -2.29. The molecule has 2 aromatic heterocycles. The molecule has 0 spiro atoms. The number of nitriles is 1. The maximum atomic E-state index is 8.99. The van der Waals surface area contributed by atoms with Gasteiger partial charge in [-0.2, -0.15) is 10.4 Å². The molecule has 0 bridgehead atoms. The van der Waals surface area contributed by atoms with Crippen molar-refractivity contribution in [1.82, 2.24) is 9.78 Å². The highest BCUT2D eigenvalue weighted by molar-refractivity contribution is 7.19. The van der Waals surface area contributed by atoms with Crippen molar-refractivity contribution in [3.8, 4) is 22.3 Å². The third-order valence-corrected chi connectivity index (χ3v) is 5.41. The number of nitrogens with one attached hydrogen (secondary N) is 1. The number of aromatic nitrogens is 2. The summed E-state index contributed by atoms with van der Waals surface area (Å²) in [6.45, 7) is 0.944. The SMILES string of the molecule is N#Cc1ccc(-n2nc(-c3ccc(Cl)s3)c3c2NCCCC3)cc1. The summed E-state index contributed by atoms with van der Waals surface area (Å²) in [4.78, 5) is 1.09. The van der Waals surface area contributed by atoms with Crippen LogP contribution in [0.3, 0.4) is 0 Å². The molecular formula is C18H15ClN4S. The van der Waals surface area contributed by atoms with Crippen LogP contribution in [0.25, 0.3) is 16.3 Å². The molecular weight excluding hydrogens is 340 g/mol. The van der Waals surface area contributed by atoms with E-state index in [-0.39, 0.29) is 0 Å². The molecule has 0 fully saturated rings. The van der Waals surface area contributed by atoms with Crippen molar-refractivity contribution in [2.75, 3.05) is 11.9 Å². The zero-order valence-corrected chi connectivity index (χ0v) is 14.5. The normalized spacial score (nSPS) is 13.7. The van der Waals surface area contributed by atoms with Crippen molar-refractivity contribution in [1.29, 1.82) is 5.26 Å². The van der Waals surface area contributed by atoms with Crippen molar-refractivity contribution < 1.29 is 0 Å². The molecule has 6 heteroatoms. The highest BCUT2D eigenvalue weighted by Gasteiger charge is 2.22. The predicted octanol–water partition coefficient (Wildman–Crippen LogP) is 4.87. The van der Waals surface area contributed by atoms with E-state index in [1.165, 1.54) is 5.56 Å². The molecule has 3 heterocycles. The van der Waals surface area contributed by atoms with Crippen molar-refractivity contribution in [3.63, 3.8) is 0 Å². The molecule has 120 valence electrons. The van der Waals surface area contributed by atoms with Crippen LogP contribution >= 0.6 is 22.9 Å². The first-order valence-electron chi connectivity index (χ1n) is 7.88. The Morgan fingerprint density at radius 1 is 1.17 bits per heavy atom. The van der Waals surface area contributed by atoms with Crippen LogP contribution in [0.1, 0.15) is 24.0 Å². The van der Waals surface area contributed by atoms with Crippen LogP contribution in [0.5, 0.6) is 0 Å². The first kappa shape index (κ1) is 15.3. The molecule has 0 radical (unpaired) electrons. The van der Waals surface area contributed by atoms with E-state index < -0.39 is 0 Å². The van der Waals surface area contributed by atoms with E-state index in [9.17, 15) is 0 Å².